The van der Waals surface area contributed by atoms with Crippen LogP contribution in [0.3, 0.4) is 0 Å². The molecule has 1 aromatic carbocycles. The molecular formula is C17H26N2O2. The minimum Gasteiger partial charge on any atom is -0.399 e. The molecule has 1 saturated carbocycles. The van der Waals surface area contributed by atoms with E-state index in [0.29, 0.717) is 6.42 Å². The molecule has 0 heterocycles. The molecule has 0 radical (unpaired) electrons. The Kier molecular flexibility index (Phi) is 4.02. The smallest absolute Gasteiger partial charge is 0.227 e. The van der Waals surface area contributed by atoms with Gasteiger partial charge in [-0.1, -0.05) is 26.0 Å². The third-order valence-electron chi connectivity index (χ3n) is 5.43. The number of hydrogen-bond donors (Lipinski definition) is 1. The number of ether oxygens (including phenoxy) is 1. The fourth-order valence-electron chi connectivity index (χ4n) is 3.18. The maximum Gasteiger partial charge on any atom is 0.227 e. The van der Waals surface area contributed by atoms with Gasteiger partial charge in [0.2, 0.25) is 5.91 Å². The number of nitrogens with zero attached hydrogens (tertiary/aromatic N) is 1. The lowest BCUT2D eigenvalue weighted by molar-refractivity contribution is -0.207. The van der Waals surface area contributed by atoms with Crippen molar-refractivity contribution in [2.24, 2.45) is 5.41 Å². The number of rotatable bonds is 4. The SMILES string of the molecule is COC1(C)CC(N(C)C(=O)Cc2ccc(N)cc2)C1(C)C. The molecule has 1 fully saturated rings. The Bertz CT molecular complexity index is 524. The maximum atomic E-state index is 12.5. The van der Waals surface area contributed by atoms with Crippen molar-refractivity contribution in [1.29, 1.82) is 0 Å². The summed E-state index contributed by atoms with van der Waals surface area (Å²) in [5.41, 5.74) is 7.17. The zero-order valence-electron chi connectivity index (χ0n) is 13.6. The first-order chi connectivity index (χ1) is 9.71. The van der Waals surface area contributed by atoms with Crippen LogP contribution < -0.4 is 5.73 Å². The second-order valence-electron chi connectivity index (χ2n) is 6.80. The number of methoxy groups -OCH3 is 1. The van der Waals surface area contributed by atoms with Crippen LogP contribution in [0.15, 0.2) is 24.3 Å². The maximum absolute atomic E-state index is 12.5. The molecule has 1 aliphatic carbocycles. The van der Waals surface area contributed by atoms with Crippen LogP contribution in [0.2, 0.25) is 0 Å². The molecule has 1 aliphatic rings. The van der Waals surface area contributed by atoms with Gasteiger partial charge in [0, 0.05) is 31.3 Å². The van der Waals surface area contributed by atoms with Crippen LogP contribution in [0.1, 0.15) is 32.8 Å². The molecule has 0 aliphatic heterocycles. The number of amides is 1. The van der Waals surface area contributed by atoms with Gasteiger partial charge in [-0.3, -0.25) is 4.79 Å². The highest BCUT2D eigenvalue weighted by atomic mass is 16.5. The van der Waals surface area contributed by atoms with Crippen LogP contribution in [-0.2, 0) is 16.0 Å². The largest absolute Gasteiger partial charge is 0.399 e. The van der Waals surface area contributed by atoms with E-state index in [-0.39, 0.29) is 23.0 Å². The summed E-state index contributed by atoms with van der Waals surface area (Å²) in [7, 11) is 3.63. The highest BCUT2D eigenvalue weighted by molar-refractivity contribution is 5.79. The zero-order chi connectivity index (χ0) is 15.8. The summed E-state index contributed by atoms with van der Waals surface area (Å²) in [6.45, 7) is 6.44. The van der Waals surface area contributed by atoms with Crippen LogP contribution in [0, 0.1) is 5.41 Å². The fraction of sp³-hybridized carbons (Fsp3) is 0.588. The molecule has 4 heteroatoms. The van der Waals surface area contributed by atoms with Crippen LogP contribution in [0.25, 0.3) is 0 Å². The first kappa shape index (κ1) is 15.8. The molecule has 2 atom stereocenters. The van der Waals surface area contributed by atoms with Crippen molar-refractivity contribution in [2.45, 2.75) is 45.3 Å². The standard InChI is InChI=1S/C17H26N2O2/c1-16(2)14(11-17(16,3)21-5)19(4)15(20)10-12-6-8-13(18)9-7-12/h6-9,14H,10-11,18H2,1-5H3. The van der Waals surface area contributed by atoms with Gasteiger partial charge < -0.3 is 15.4 Å². The predicted octanol–water partition coefficient (Wildman–Crippen LogP) is 2.47. The summed E-state index contributed by atoms with van der Waals surface area (Å²) < 4.78 is 5.63. The molecule has 1 amide bonds. The van der Waals surface area contributed by atoms with Crippen LogP contribution in [-0.4, -0.2) is 36.6 Å². The molecule has 0 bridgehead atoms. The van der Waals surface area contributed by atoms with Gasteiger partial charge in [-0.05, 0) is 31.0 Å². The Morgan fingerprint density at radius 1 is 1.33 bits per heavy atom. The molecule has 2 unspecified atom stereocenters. The van der Waals surface area contributed by atoms with E-state index in [0.717, 1.165) is 17.7 Å². The highest BCUT2D eigenvalue weighted by Gasteiger charge is 2.59. The first-order valence-electron chi connectivity index (χ1n) is 7.36. The summed E-state index contributed by atoms with van der Waals surface area (Å²) >= 11 is 0. The van der Waals surface area contributed by atoms with Gasteiger partial charge in [-0.25, -0.2) is 0 Å². The van der Waals surface area contributed by atoms with E-state index in [1.807, 2.05) is 36.2 Å². The van der Waals surface area contributed by atoms with Gasteiger partial charge in [-0.15, -0.1) is 0 Å². The monoisotopic (exact) mass is 290 g/mol. The third kappa shape index (κ3) is 2.64. The number of nitrogen functional groups attached to an aromatic ring is 1. The number of anilines is 1. The lowest BCUT2D eigenvalue weighted by Crippen LogP contribution is -2.68. The van der Waals surface area contributed by atoms with E-state index in [2.05, 4.69) is 20.8 Å². The number of likely N-dealkylation sites (N-methyl/N-ethyl adjacent to an activating group) is 1. The second-order valence-corrected chi connectivity index (χ2v) is 6.80. The van der Waals surface area contributed by atoms with Gasteiger partial charge in [0.15, 0.2) is 0 Å². The number of carbonyl (C=O) groups excluding carboxylic acids is 1. The molecule has 116 valence electrons. The molecule has 0 spiro atoms. The van der Waals surface area contributed by atoms with E-state index < -0.39 is 0 Å². The number of benzene rings is 1. The molecule has 0 saturated heterocycles. The van der Waals surface area contributed by atoms with Gasteiger partial charge in [0.05, 0.1) is 12.0 Å². The summed E-state index contributed by atoms with van der Waals surface area (Å²) in [4.78, 5) is 14.3. The molecule has 4 nitrogen and oxygen atoms in total. The summed E-state index contributed by atoms with van der Waals surface area (Å²) in [5.74, 6) is 0.135. The molecule has 21 heavy (non-hydrogen) atoms. The van der Waals surface area contributed by atoms with Gasteiger partial charge in [0.25, 0.3) is 0 Å². The van der Waals surface area contributed by atoms with Crippen molar-refractivity contribution in [2.75, 3.05) is 19.9 Å². The van der Waals surface area contributed by atoms with Crippen molar-refractivity contribution < 1.29 is 9.53 Å². The summed E-state index contributed by atoms with van der Waals surface area (Å²) in [6.07, 6.45) is 1.29. The summed E-state index contributed by atoms with van der Waals surface area (Å²) in [5, 5.41) is 0. The van der Waals surface area contributed by atoms with E-state index in [9.17, 15) is 4.79 Å². The Balaban J connectivity index is 2.02. The molecule has 1 aromatic rings. The Morgan fingerprint density at radius 2 is 1.90 bits per heavy atom. The highest BCUT2D eigenvalue weighted by Crippen LogP contribution is 2.53. The Morgan fingerprint density at radius 3 is 2.38 bits per heavy atom. The van der Waals surface area contributed by atoms with Crippen molar-refractivity contribution in [3.63, 3.8) is 0 Å². The zero-order valence-corrected chi connectivity index (χ0v) is 13.6. The molecule has 2 rings (SSSR count). The second kappa shape index (κ2) is 5.34. The van der Waals surface area contributed by atoms with E-state index in [1.165, 1.54) is 0 Å². The normalized spacial score (nSPS) is 27.0. The molecular weight excluding hydrogens is 264 g/mol. The third-order valence-corrected chi connectivity index (χ3v) is 5.43. The molecule has 0 aromatic heterocycles. The van der Waals surface area contributed by atoms with Crippen LogP contribution in [0.5, 0.6) is 0 Å². The Hall–Kier alpha value is -1.55. The lowest BCUT2D eigenvalue weighted by Gasteiger charge is -2.61. The first-order valence-corrected chi connectivity index (χ1v) is 7.36. The van der Waals surface area contributed by atoms with Gasteiger partial charge >= 0.3 is 0 Å². The minimum absolute atomic E-state index is 0.0483. The van der Waals surface area contributed by atoms with Gasteiger partial charge in [0.1, 0.15) is 0 Å². The van der Waals surface area contributed by atoms with Crippen molar-refractivity contribution in [3.05, 3.63) is 29.8 Å². The molecule has 2 N–H and O–H groups in total. The lowest BCUT2D eigenvalue weighted by atomic mass is 9.55. The van der Waals surface area contributed by atoms with Crippen LogP contribution in [0.4, 0.5) is 5.69 Å². The van der Waals surface area contributed by atoms with Crippen molar-refractivity contribution >= 4 is 11.6 Å². The van der Waals surface area contributed by atoms with Crippen molar-refractivity contribution in [3.8, 4) is 0 Å². The predicted molar refractivity (Wildman–Crippen MR) is 84.9 cm³/mol. The average Bonchev–Trinajstić information content (AvgIpc) is 2.45. The number of nitrogens with two attached hydrogens (primary N) is 1. The quantitative estimate of drug-likeness (QED) is 0.867. The van der Waals surface area contributed by atoms with Gasteiger partial charge in [-0.2, -0.15) is 0 Å². The van der Waals surface area contributed by atoms with Crippen molar-refractivity contribution in [1.82, 2.24) is 4.90 Å². The summed E-state index contributed by atoms with van der Waals surface area (Å²) in [6, 6.07) is 7.69. The topological polar surface area (TPSA) is 55.6 Å². The fourth-order valence-corrected chi connectivity index (χ4v) is 3.18. The van der Waals surface area contributed by atoms with E-state index in [1.54, 1.807) is 7.11 Å². The van der Waals surface area contributed by atoms with E-state index in [4.69, 9.17) is 10.5 Å². The average molecular weight is 290 g/mol. The minimum atomic E-state index is -0.159. The van der Waals surface area contributed by atoms with E-state index >= 15 is 0 Å². The number of carbonyl (C=O) groups is 1. The Labute approximate surface area is 127 Å². The van der Waals surface area contributed by atoms with Crippen LogP contribution >= 0.6 is 0 Å². The number of hydrogen-bond acceptors (Lipinski definition) is 3.